The highest BCUT2D eigenvalue weighted by molar-refractivity contribution is 5.62. The molecular weight excluding hydrogens is 330 g/mol. The summed E-state index contributed by atoms with van der Waals surface area (Å²) in [6, 6.07) is 5.91. The molecule has 3 heterocycles. The average molecular weight is 351 g/mol. The van der Waals surface area contributed by atoms with Gasteiger partial charge in [0.05, 0.1) is 18.6 Å². The van der Waals surface area contributed by atoms with Crippen molar-refractivity contribution in [3.63, 3.8) is 0 Å². The van der Waals surface area contributed by atoms with E-state index in [1.807, 2.05) is 18.2 Å². The van der Waals surface area contributed by atoms with Crippen LogP contribution in [0.2, 0.25) is 0 Å². The summed E-state index contributed by atoms with van der Waals surface area (Å²) >= 11 is 0. The van der Waals surface area contributed by atoms with Crippen LogP contribution >= 0.6 is 0 Å². The van der Waals surface area contributed by atoms with E-state index in [0.717, 1.165) is 37.0 Å². The molecule has 1 N–H and O–H groups in total. The molecular formula is C20H21N3O3. The summed E-state index contributed by atoms with van der Waals surface area (Å²) in [6.07, 6.45) is 8.54. The van der Waals surface area contributed by atoms with Crippen LogP contribution in [0.4, 0.5) is 5.95 Å². The van der Waals surface area contributed by atoms with Crippen molar-refractivity contribution in [1.29, 1.82) is 0 Å². The topological polar surface area (TPSA) is 67.7 Å². The lowest BCUT2D eigenvalue weighted by Crippen LogP contribution is -2.43. The second kappa shape index (κ2) is 5.71. The molecule has 3 aliphatic rings. The molecule has 1 aromatic carbocycles. The van der Waals surface area contributed by atoms with Crippen molar-refractivity contribution in [2.75, 3.05) is 18.6 Å². The third-order valence-corrected chi connectivity index (χ3v) is 5.79. The van der Waals surface area contributed by atoms with Crippen molar-refractivity contribution >= 4 is 5.95 Å². The lowest BCUT2D eigenvalue weighted by atomic mass is 9.69. The number of hydrogen-bond donors (Lipinski definition) is 1. The van der Waals surface area contributed by atoms with E-state index >= 15 is 0 Å². The molecule has 1 spiro atoms. The van der Waals surface area contributed by atoms with Crippen LogP contribution in [0.5, 0.6) is 11.5 Å². The number of aliphatic hydroxyl groups is 1. The molecule has 1 aromatic heterocycles. The van der Waals surface area contributed by atoms with Crippen molar-refractivity contribution in [2.24, 2.45) is 0 Å². The Morgan fingerprint density at radius 3 is 2.96 bits per heavy atom. The molecule has 5 rings (SSSR count). The maximum Gasteiger partial charge on any atom is 0.225 e. The number of aromatic nitrogens is 2. The van der Waals surface area contributed by atoms with E-state index < -0.39 is 6.10 Å². The minimum atomic E-state index is -0.466. The zero-order valence-corrected chi connectivity index (χ0v) is 14.6. The van der Waals surface area contributed by atoms with E-state index in [2.05, 4.69) is 27.0 Å². The summed E-state index contributed by atoms with van der Waals surface area (Å²) in [7, 11) is 1.67. The van der Waals surface area contributed by atoms with Crippen LogP contribution in [0.1, 0.15) is 24.0 Å². The van der Waals surface area contributed by atoms with Crippen molar-refractivity contribution in [1.82, 2.24) is 9.97 Å². The summed E-state index contributed by atoms with van der Waals surface area (Å²) in [5.74, 6) is 2.32. The number of benzene rings is 1. The fourth-order valence-electron chi connectivity index (χ4n) is 4.56. The van der Waals surface area contributed by atoms with Crippen molar-refractivity contribution < 1.29 is 14.6 Å². The summed E-state index contributed by atoms with van der Waals surface area (Å²) in [4.78, 5) is 11.1. The number of nitrogens with zero attached hydrogens (tertiary/aromatic N) is 3. The summed E-state index contributed by atoms with van der Waals surface area (Å²) in [5.41, 5.74) is 2.17. The van der Waals surface area contributed by atoms with Gasteiger partial charge in [-0.05, 0) is 24.1 Å². The van der Waals surface area contributed by atoms with E-state index in [1.54, 1.807) is 19.5 Å². The molecule has 0 radical (unpaired) electrons. The largest absolute Gasteiger partial charge is 0.493 e. The SMILES string of the molecule is COc1ccc2c3c1O[C@H]1C[C@H](O)C=C[C@@]31CCN(c1ncccn1)C2. The third-order valence-electron chi connectivity index (χ3n) is 5.79. The molecule has 0 amide bonds. The maximum atomic E-state index is 10.1. The number of rotatable bonds is 2. The van der Waals surface area contributed by atoms with Gasteiger partial charge in [0, 0.05) is 37.5 Å². The van der Waals surface area contributed by atoms with Gasteiger partial charge in [0.15, 0.2) is 11.5 Å². The highest BCUT2D eigenvalue weighted by atomic mass is 16.5. The zero-order chi connectivity index (χ0) is 17.7. The number of hydrogen-bond acceptors (Lipinski definition) is 6. The molecule has 26 heavy (non-hydrogen) atoms. The van der Waals surface area contributed by atoms with Crippen molar-refractivity contribution in [2.45, 2.75) is 37.0 Å². The van der Waals surface area contributed by atoms with Gasteiger partial charge in [0.25, 0.3) is 0 Å². The highest BCUT2D eigenvalue weighted by Gasteiger charge is 2.52. The van der Waals surface area contributed by atoms with Gasteiger partial charge in [0.1, 0.15) is 6.10 Å². The number of anilines is 1. The first kappa shape index (κ1) is 15.6. The average Bonchev–Trinajstić information content (AvgIpc) is 2.90. The molecule has 0 saturated carbocycles. The van der Waals surface area contributed by atoms with E-state index in [9.17, 15) is 5.11 Å². The Morgan fingerprint density at radius 1 is 1.31 bits per heavy atom. The third kappa shape index (κ3) is 2.15. The summed E-state index contributed by atoms with van der Waals surface area (Å²) in [5, 5.41) is 10.1. The molecule has 2 aliphatic heterocycles. The fourth-order valence-corrected chi connectivity index (χ4v) is 4.56. The van der Waals surface area contributed by atoms with Crippen LogP contribution in [0.15, 0.2) is 42.7 Å². The second-order valence-electron chi connectivity index (χ2n) is 7.16. The first-order valence-electron chi connectivity index (χ1n) is 8.98. The van der Waals surface area contributed by atoms with Gasteiger partial charge < -0.3 is 19.5 Å². The minimum absolute atomic E-state index is 0.0795. The van der Waals surface area contributed by atoms with Crippen LogP contribution < -0.4 is 14.4 Å². The van der Waals surface area contributed by atoms with Crippen molar-refractivity contribution in [3.8, 4) is 11.5 Å². The Hall–Kier alpha value is -2.60. The molecule has 0 saturated heterocycles. The molecule has 0 bridgehead atoms. The molecule has 6 nitrogen and oxygen atoms in total. The predicted molar refractivity (Wildman–Crippen MR) is 96.6 cm³/mol. The summed E-state index contributed by atoms with van der Waals surface area (Å²) in [6.45, 7) is 1.55. The fraction of sp³-hybridized carbons (Fsp3) is 0.400. The van der Waals surface area contributed by atoms with Crippen LogP contribution in [0, 0.1) is 0 Å². The summed E-state index contributed by atoms with van der Waals surface area (Å²) < 4.78 is 11.9. The van der Waals surface area contributed by atoms with E-state index in [-0.39, 0.29) is 11.5 Å². The van der Waals surface area contributed by atoms with Crippen LogP contribution in [0.25, 0.3) is 0 Å². The first-order valence-corrected chi connectivity index (χ1v) is 8.98. The van der Waals surface area contributed by atoms with Crippen LogP contribution in [-0.2, 0) is 12.0 Å². The predicted octanol–water partition coefficient (Wildman–Crippen LogP) is 2.22. The van der Waals surface area contributed by atoms with Crippen molar-refractivity contribution in [3.05, 3.63) is 53.9 Å². The maximum absolute atomic E-state index is 10.1. The Bertz CT molecular complexity index is 870. The number of aliphatic hydroxyl groups excluding tert-OH is 1. The molecule has 6 heteroatoms. The lowest BCUT2D eigenvalue weighted by molar-refractivity contribution is 0.0856. The lowest BCUT2D eigenvalue weighted by Gasteiger charge is -2.35. The Morgan fingerprint density at radius 2 is 2.15 bits per heavy atom. The molecule has 1 aliphatic carbocycles. The van der Waals surface area contributed by atoms with Crippen LogP contribution in [-0.4, -0.2) is 40.9 Å². The monoisotopic (exact) mass is 351 g/mol. The van der Waals surface area contributed by atoms with Gasteiger partial charge in [-0.15, -0.1) is 0 Å². The molecule has 0 fully saturated rings. The second-order valence-corrected chi connectivity index (χ2v) is 7.16. The van der Waals surface area contributed by atoms with Gasteiger partial charge in [0.2, 0.25) is 5.95 Å². The molecule has 2 aromatic rings. The molecule has 3 atom stereocenters. The van der Waals surface area contributed by atoms with Gasteiger partial charge in [-0.25, -0.2) is 9.97 Å². The quantitative estimate of drug-likeness (QED) is 0.837. The zero-order valence-electron chi connectivity index (χ0n) is 14.6. The molecule has 0 unspecified atom stereocenters. The molecule has 134 valence electrons. The highest BCUT2D eigenvalue weighted by Crippen LogP contribution is 2.55. The number of ether oxygens (including phenoxy) is 2. The van der Waals surface area contributed by atoms with E-state index in [4.69, 9.17) is 9.47 Å². The number of methoxy groups -OCH3 is 1. The normalized spacial score (nSPS) is 28.8. The smallest absolute Gasteiger partial charge is 0.225 e. The van der Waals surface area contributed by atoms with Gasteiger partial charge in [-0.2, -0.15) is 0 Å². The Kier molecular flexibility index (Phi) is 3.43. The Labute approximate surface area is 152 Å². The van der Waals surface area contributed by atoms with Gasteiger partial charge in [-0.3, -0.25) is 0 Å². The standard InChI is InChI=1S/C20H21N3O3/c1-25-15-4-3-13-12-23(19-21-8-2-9-22-19)10-7-20-6-5-14(24)11-16(20)26-18(15)17(13)20/h2-6,8-9,14,16,24H,7,10-12H2,1H3/t14-,16+,20+/m1/s1. The van der Waals surface area contributed by atoms with E-state index in [1.165, 1.54) is 11.1 Å². The van der Waals surface area contributed by atoms with Gasteiger partial charge in [-0.1, -0.05) is 18.2 Å². The first-order chi connectivity index (χ1) is 12.7. The van der Waals surface area contributed by atoms with Gasteiger partial charge >= 0.3 is 0 Å². The van der Waals surface area contributed by atoms with Crippen LogP contribution in [0.3, 0.4) is 0 Å². The minimum Gasteiger partial charge on any atom is -0.493 e. The Balaban J connectivity index is 1.66. The van der Waals surface area contributed by atoms with E-state index in [0.29, 0.717) is 6.42 Å².